The van der Waals surface area contributed by atoms with Crippen LogP contribution in [0.25, 0.3) is 0 Å². The molecule has 1 amide bonds. The van der Waals surface area contributed by atoms with E-state index in [2.05, 4.69) is 33.6 Å². The average Bonchev–Trinajstić information content (AvgIpc) is 3.07. The van der Waals surface area contributed by atoms with Gasteiger partial charge in [-0.15, -0.1) is 0 Å². The zero-order valence-electron chi connectivity index (χ0n) is 16.0. The molecule has 4 heterocycles. The summed E-state index contributed by atoms with van der Waals surface area (Å²) in [6.45, 7) is 7.32. The molecule has 1 atom stereocenters. The molecular formula is C21H28N4O2. The standard InChI is InChI=1S/C21H28N4O2/c1-2-23-11-7-17(8-12-23)21(26)25-14-18-5-4-10-24(18)15-20(16-25)27-19-6-3-9-22-13-19/h3-6,9-10,13,17,20H,2,7-8,11-12,14-16H2,1H3/t20-/m1/s1. The maximum atomic E-state index is 13.3. The molecule has 6 nitrogen and oxygen atoms in total. The van der Waals surface area contributed by atoms with Crippen LogP contribution in [0.3, 0.4) is 0 Å². The first-order valence-corrected chi connectivity index (χ1v) is 9.94. The second kappa shape index (κ2) is 8.13. The highest BCUT2D eigenvalue weighted by Crippen LogP contribution is 2.24. The highest BCUT2D eigenvalue weighted by molar-refractivity contribution is 5.79. The lowest BCUT2D eigenvalue weighted by molar-refractivity contribution is -0.138. The van der Waals surface area contributed by atoms with E-state index in [0.717, 1.165) is 44.8 Å². The predicted octanol–water partition coefficient (Wildman–Crippen LogP) is 2.40. The van der Waals surface area contributed by atoms with E-state index in [0.29, 0.717) is 13.1 Å². The smallest absolute Gasteiger partial charge is 0.226 e. The van der Waals surface area contributed by atoms with Gasteiger partial charge in [0.2, 0.25) is 5.91 Å². The highest BCUT2D eigenvalue weighted by atomic mass is 16.5. The number of hydrogen-bond acceptors (Lipinski definition) is 4. The van der Waals surface area contributed by atoms with Crippen LogP contribution in [0.4, 0.5) is 0 Å². The summed E-state index contributed by atoms with van der Waals surface area (Å²) in [5, 5.41) is 0. The number of piperidine rings is 1. The number of carbonyl (C=O) groups excluding carboxylic acids is 1. The van der Waals surface area contributed by atoms with Crippen LogP contribution in [0, 0.1) is 5.92 Å². The molecule has 1 saturated heterocycles. The second-order valence-corrected chi connectivity index (χ2v) is 7.51. The highest BCUT2D eigenvalue weighted by Gasteiger charge is 2.32. The quantitative estimate of drug-likeness (QED) is 0.832. The van der Waals surface area contributed by atoms with Crippen molar-refractivity contribution in [3.8, 4) is 5.75 Å². The van der Waals surface area contributed by atoms with Gasteiger partial charge < -0.3 is 19.1 Å². The fraction of sp³-hybridized carbons (Fsp3) is 0.524. The minimum Gasteiger partial charge on any atom is -0.485 e. The van der Waals surface area contributed by atoms with Crippen LogP contribution in [0.1, 0.15) is 25.5 Å². The van der Waals surface area contributed by atoms with Gasteiger partial charge in [0.25, 0.3) is 0 Å². The van der Waals surface area contributed by atoms with Crippen molar-refractivity contribution in [1.82, 2.24) is 19.4 Å². The average molecular weight is 368 g/mol. The molecule has 2 aromatic heterocycles. The first-order valence-electron chi connectivity index (χ1n) is 9.94. The molecule has 0 N–H and O–H groups in total. The van der Waals surface area contributed by atoms with Gasteiger partial charge in [-0.2, -0.15) is 0 Å². The molecule has 6 heteroatoms. The van der Waals surface area contributed by atoms with Gasteiger partial charge in [0.05, 0.1) is 25.8 Å². The number of likely N-dealkylation sites (tertiary alicyclic amines) is 1. The fourth-order valence-electron chi connectivity index (χ4n) is 4.16. The molecular weight excluding hydrogens is 340 g/mol. The minimum absolute atomic E-state index is 0.0810. The summed E-state index contributed by atoms with van der Waals surface area (Å²) in [6, 6.07) is 7.94. The third-order valence-corrected chi connectivity index (χ3v) is 5.73. The maximum Gasteiger partial charge on any atom is 0.226 e. The van der Waals surface area contributed by atoms with E-state index in [1.54, 1.807) is 12.4 Å². The number of amides is 1. The summed E-state index contributed by atoms with van der Waals surface area (Å²) < 4.78 is 8.38. The van der Waals surface area contributed by atoms with Gasteiger partial charge in [-0.1, -0.05) is 6.92 Å². The van der Waals surface area contributed by atoms with Crippen LogP contribution in [0.5, 0.6) is 5.75 Å². The normalized spacial score (nSPS) is 21.5. The van der Waals surface area contributed by atoms with Gasteiger partial charge in [0, 0.05) is 24.0 Å². The van der Waals surface area contributed by atoms with Crippen molar-refractivity contribution in [2.75, 3.05) is 26.2 Å². The van der Waals surface area contributed by atoms with Crippen LogP contribution in [0.15, 0.2) is 42.9 Å². The zero-order chi connectivity index (χ0) is 18.6. The lowest BCUT2D eigenvalue weighted by Crippen LogP contribution is -2.45. The Morgan fingerprint density at radius 3 is 2.81 bits per heavy atom. The topological polar surface area (TPSA) is 50.6 Å². The Morgan fingerprint density at radius 2 is 2.07 bits per heavy atom. The first kappa shape index (κ1) is 18.0. The Labute approximate surface area is 160 Å². The minimum atomic E-state index is -0.0810. The first-order chi connectivity index (χ1) is 13.2. The molecule has 0 aliphatic carbocycles. The van der Waals surface area contributed by atoms with Crippen molar-refractivity contribution in [2.45, 2.75) is 39.0 Å². The Kier molecular flexibility index (Phi) is 5.43. The monoisotopic (exact) mass is 368 g/mol. The van der Waals surface area contributed by atoms with Crippen molar-refractivity contribution >= 4 is 5.91 Å². The van der Waals surface area contributed by atoms with Crippen LogP contribution >= 0.6 is 0 Å². The van der Waals surface area contributed by atoms with Crippen molar-refractivity contribution in [2.24, 2.45) is 5.92 Å². The van der Waals surface area contributed by atoms with Crippen molar-refractivity contribution in [1.29, 1.82) is 0 Å². The molecule has 0 aromatic carbocycles. The van der Waals surface area contributed by atoms with Crippen LogP contribution < -0.4 is 4.74 Å². The van der Waals surface area contributed by atoms with Gasteiger partial charge in [0.1, 0.15) is 11.9 Å². The lowest BCUT2D eigenvalue weighted by Gasteiger charge is -2.34. The molecule has 0 radical (unpaired) electrons. The number of nitrogens with zero attached hydrogens (tertiary/aromatic N) is 4. The number of aromatic nitrogens is 2. The van der Waals surface area contributed by atoms with E-state index < -0.39 is 0 Å². The molecule has 4 rings (SSSR count). The van der Waals surface area contributed by atoms with Gasteiger partial charge in [-0.05, 0) is 56.7 Å². The predicted molar refractivity (Wildman–Crippen MR) is 103 cm³/mol. The van der Waals surface area contributed by atoms with E-state index in [9.17, 15) is 4.79 Å². The second-order valence-electron chi connectivity index (χ2n) is 7.51. The van der Waals surface area contributed by atoms with Crippen LogP contribution in [-0.2, 0) is 17.9 Å². The molecule has 0 bridgehead atoms. The van der Waals surface area contributed by atoms with Crippen molar-refractivity contribution < 1.29 is 9.53 Å². The fourth-order valence-corrected chi connectivity index (χ4v) is 4.16. The third kappa shape index (κ3) is 4.16. The number of fused-ring (bicyclic) bond motifs is 1. The van der Waals surface area contributed by atoms with Gasteiger partial charge in [-0.25, -0.2) is 0 Å². The van der Waals surface area contributed by atoms with Gasteiger partial charge >= 0.3 is 0 Å². The Hall–Kier alpha value is -2.34. The van der Waals surface area contributed by atoms with E-state index in [-0.39, 0.29) is 17.9 Å². The largest absolute Gasteiger partial charge is 0.485 e. The van der Waals surface area contributed by atoms with E-state index >= 15 is 0 Å². The number of rotatable bonds is 4. The summed E-state index contributed by atoms with van der Waals surface area (Å²) in [5.74, 6) is 1.16. The number of pyridine rings is 1. The molecule has 0 saturated carbocycles. The molecule has 0 spiro atoms. The van der Waals surface area contributed by atoms with Crippen molar-refractivity contribution in [3.05, 3.63) is 48.5 Å². The molecule has 27 heavy (non-hydrogen) atoms. The number of ether oxygens (including phenoxy) is 1. The summed E-state index contributed by atoms with van der Waals surface area (Å²) in [4.78, 5) is 21.8. The Bertz CT molecular complexity index is 753. The molecule has 0 unspecified atom stereocenters. The zero-order valence-corrected chi connectivity index (χ0v) is 16.0. The molecule has 144 valence electrons. The van der Waals surface area contributed by atoms with E-state index in [1.165, 1.54) is 5.69 Å². The number of carbonyl (C=O) groups is 1. The van der Waals surface area contributed by atoms with E-state index in [1.807, 2.05) is 23.1 Å². The van der Waals surface area contributed by atoms with Gasteiger partial charge in [-0.3, -0.25) is 9.78 Å². The SMILES string of the molecule is CCN1CCC(C(=O)N2Cc3cccn3C[C@@H](Oc3cccnc3)C2)CC1. The van der Waals surface area contributed by atoms with Crippen LogP contribution in [0.2, 0.25) is 0 Å². The summed E-state index contributed by atoms with van der Waals surface area (Å²) in [6.07, 6.45) is 7.37. The Morgan fingerprint density at radius 1 is 1.22 bits per heavy atom. The summed E-state index contributed by atoms with van der Waals surface area (Å²) in [5.41, 5.74) is 1.17. The molecule has 2 aliphatic rings. The maximum absolute atomic E-state index is 13.3. The third-order valence-electron chi connectivity index (χ3n) is 5.73. The Balaban J connectivity index is 1.49. The van der Waals surface area contributed by atoms with E-state index in [4.69, 9.17) is 4.74 Å². The van der Waals surface area contributed by atoms with Crippen LogP contribution in [-0.4, -0.2) is 57.5 Å². The molecule has 1 fully saturated rings. The van der Waals surface area contributed by atoms with Gasteiger partial charge in [0.15, 0.2) is 0 Å². The molecule has 2 aliphatic heterocycles. The summed E-state index contributed by atoms with van der Waals surface area (Å²) in [7, 11) is 0. The molecule has 2 aromatic rings. The lowest BCUT2D eigenvalue weighted by atomic mass is 9.95. The number of hydrogen-bond donors (Lipinski definition) is 0. The van der Waals surface area contributed by atoms with Crippen molar-refractivity contribution in [3.63, 3.8) is 0 Å². The summed E-state index contributed by atoms with van der Waals surface area (Å²) >= 11 is 0.